The highest BCUT2D eigenvalue weighted by Crippen LogP contribution is 2.43. The van der Waals surface area contributed by atoms with Crippen LogP contribution in [0.1, 0.15) is 35.9 Å². The molecule has 3 aromatic rings. The fourth-order valence-electron chi connectivity index (χ4n) is 4.74. The van der Waals surface area contributed by atoms with Crippen LogP contribution in [0.4, 0.5) is 15.9 Å². The van der Waals surface area contributed by atoms with Gasteiger partial charge in [-0.05, 0) is 32.1 Å². The molecular formula is C21H24FN5O3S. The summed E-state index contributed by atoms with van der Waals surface area (Å²) in [5.74, 6) is 0.177. The van der Waals surface area contributed by atoms with Crippen molar-refractivity contribution >= 4 is 33.7 Å². The molecule has 0 amide bonds. The number of H-pyrrole nitrogens is 1. The summed E-state index contributed by atoms with van der Waals surface area (Å²) in [6.45, 7) is 3.12. The summed E-state index contributed by atoms with van der Waals surface area (Å²) in [4.78, 5) is 33.9. The molecule has 8 nitrogen and oxygen atoms in total. The predicted molar refractivity (Wildman–Crippen MR) is 119 cm³/mol. The minimum absolute atomic E-state index is 0.0234. The van der Waals surface area contributed by atoms with Crippen LogP contribution in [0.15, 0.2) is 15.0 Å². The number of nitrogens with one attached hydrogen (secondary N) is 1. The van der Waals surface area contributed by atoms with Crippen LogP contribution in [0, 0.1) is 18.7 Å². The van der Waals surface area contributed by atoms with Crippen molar-refractivity contribution in [3.63, 3.8) is 0 Å². The van der Waals surface area contributed by atoms with Crippen molar-refractivity contribution in [3.05, 3.63) is 42.6 Å². The molecule has 10 heteroatoms. The third-order valence-electron chi connectivity index (χ3n) is 6.24. The van der Waals surface area contributed by atoms with Gasteiger partial charge in [0.25, 0.3) is 5.56 Å². The minimum atomic E-state index is -0.622. The lowest BCUT2D eigenvalue weighted by atomic mass is 10.0. The normalized spacial score (nSPS) is 18.8. The molecule has 2 aromatic heterocycles. The smallest absolute Gasteiger partial charge is 0.329 e. The summed E-state index contributed by atoms with van der Waals surface area (Å²) >= 11 is 1.54. The van der Waals surface area contributed by atoms with E-state index in [9.17, 15) is 9.59 Å². The summed E-state index contributed by atoms with van der Waals surface area (Å²) in [5, 5.41) is 2.91. The standard InChI is InChI=1S/C21H24FN5O3S/c1-10-17-15(20(28)25-21(29)27(17)12-3-4-12)19(30-2)16(22)18(10)26-6-5-11(8-26)7-14-24-13(23)9-31-14/h9,11-12H,3-8,23H2,1-2H3,(H,25,28,29). The molecule has 1 aliphatic heterocycles. The zero-order chi connectivity index (χ0) is 21.9. The SMILES string of the molecule is COc1c(F)c(N2CCC(Cc3nc(N)cs3)C2)c(C)c2c1c(=O)[nH]c(=O)n2C1CC1. The Morgan fingerprint density at radius 1 is 1.35 bits per heavy atom. The van der Waals surface area contributed by atoms with Gasteiger partial charge < -0.3 is 15.4 Å². The van der Waals surface area contributed by atoms with Crippen molar-refractivity contribution in [1.82, 2.24) is 14.5 Å². The number of nitrogens with zero attached hydrogens (tertiary/aromatic N) is 3. The van der Waals surface area contributed by atoms with E-state index in [0.29, 0.717) is 41.6 Å². The van der Waals surface area contributed by atoms with Crippen molar-refractivity contribution in [1.29, 1.82) is 0 Å². The lowest BCUT2D eigenvalue weighted by Gasteiger charge is -2.25. The minimum Gasteiger partial charge on any atom is -0.493 e. The van der Waals surface area contributed by atoms with Crippen LogP contribution >= 0.6 is 11.3 Å². The molecule has 1 atom stereocenters. The predicted octanol–water partition coefficient (Wildman–Crippen LogP) is 2.59. The van der Waals surface area contributed by atoms with Crippen molar-refractivity contribution in [3.8, 4) is 5.75 Å². The first-order valence-corrected chi connectivity index (χ1v) is 11.3. The van der Waals surface area contributed by atoms with E-state index in [1.165, 1.54) is 18.4 Å². The first-order chi connectivity index (χ1) is 14.9. The molecule has 1 saturated carbocycles. The average molecular weight is 446 g/mol. The second kappa shape index (κ2) is 7.37. The lowest BCUT2D eigenvalue weighted by Crippen LogP contribution is -2.32. The van der Waals surface area contributed by atoms with Gasteiger partial charge in [-0.25, -0.2) is 14.2 Å². The highest BCUT2D eigenvalue weighted by Gasteiger charge is 2.34. The van der Waals surface area contributed by atoms with Gasteiger partial charge in [0.15, 0.2) is 11.6 Å². The van der Waals surface area contributed by atoms with E-state index >= 15 is 4.39 Å². The number of thiazole rings is 1. The maximum atomic E-state index is 15.7. The molecule has 5 rings (SSSR count). The van der Waals surface area contributed by atoms with Crippen molar-refractivity contribution in [2.45, 2.75) is 38.6 Å². The van der Waals surface area contributed by atoms with E-state index in [0.717, 1.165) is 30.7 Å². The third kappa shape index (κ3) is 3.29. The molecule has 0 radical (unpaired) electrons. The summed E-state index contributed by atoms with van der Waals surface area (Å²) in [5.41, 5.74) is 6.14. The van der Waals surface area contributed by atoms with Crippen LogP contribution in [0.3, 0.4) is 0 Å². The number of fused-ring (bicyclic) bond motifs is 1. The number of methoxy groups -OCH3 is 1. The Labute approximate surface area is 181 Å². The largest absolute Gasteiger partial charge is 0.493 e. The van der Waals surface area contributed by atoms with E-state index in [1.807, 2.05) is 10.3 Å². The third-order valence-corrected chi connectivity index (χ3v) is 7.13. The summed E-state index contributed by atoms with van der Waals surface area (Å²) in [7, 11) is 1.35. The first kappa shape index (κ1) is 20.0. The quantitative estimate of drug-likeness (QED) is 0.625. The molecule has 1 unspecified atom stereocenters. The van der Waals surface area contributed by atoms with E-state index < -0.39 is 17.1 Å². The van der Waals surface area contributed by atoms with Crippen molar-refractivity contribution in [2.75, 3.05) is 30.8 Å². The Morgan fingerprint density at radius 2 is 2.13 bits per heavy atom. The van der Waals surface area contributed by atoms with Gasteiger partial charge >= 0.3 is 5.69 Å². The number of aromatic nitrogens is 3. The van der Waals surface area contributed by atoms with E-state index in [2.05, 4.69) is 9.97 Å². The number of rotatable bonds is 5. The molecule has 0 bridgehead atoms. The average Bonchev–Trinajstić information content (AvgIpc) is 3.32. The van der Waals surface area contributed by atoms with Gasteiger partial charge in [-0.3, -0.25) is 14.3 Å². The molecule has 1 saturated heterocycles. The highest BCUT2D eigenvalue weighted by atomic mass is 32.1. The number of anilines is 2. The Bertz CT molecular complexity index is 1290. The fourth-order valence-corrected chi connectivity index (χ4v) is 5.54. The fraction of sp³-hybridized carbons (Fsp3) is 0.476. The molecule has 2 fully saturated rings. The number of nitrogens with two attached hydrogens (primary N) is 1. The van der Waals surface area contributed by atoms with Crippen LogP contribution in [0.25, 0.3) is 10.9 Å². The second-order valence-corrected chi connectivity index (χ2v) is 9.32. The van der Waals surface area contributed by atoms with E-state index in [-0.39, 0.29) is 17.2 Å². The first-order valence-electron chi connectivity index (χ1n) is 10.4. The molecule has 2 aliphatic rings. The van der Waals surface area contributed by atoms with Gasteiger partial charge in [0, 0.05) is 36.5 Å². The highest BCUT2D eigenvalue weighted by molar-refractivity contribution is 7.10. The van der Waals surface area contributed by atoms with Gasteiger partial charge in [-0.15, -0.1) is 11.3 Å². The van der Waals surface area contributed by atoms with Crippen LogP contribution in [-0.2, 0) is 6.42 Å². The maximum absolute atomic E-state index is 15.7. The van der Waals surface area contributed by atoms with Crippen LogP contribution < -0.4 is 26.6 Å². The maximum Gasteiger partial charge on any atom is 0.329 e. The molecule has 31 heavy (non-hydrogen) atoms. The van der Waals surface area contributed by atoms with Gasteiger partial charge in [-0.1, -0.05) is 0 Å². The molecular weight excluding hydrogens is 421 g/mol. The number of ether oxygens (including phenoxy) is 1. The summed E-state index contributed by atoms with van der Waals surface area (Å²) in [6, 6.07) is 0.0234. The van der Waals surface area contributed by atoms with Gasteiger partial charge in [-0.2, -0.15) is 0 Å². The molecule has 3 heterocycles. The number of aromatic amines is 1. The summed E-state index contributed by atoms with van der Waals surface area (Å²) < 4.78 is 22.6. The van der Waals surface area contributed by atoms with Gasteiger partial charge in [0.2, 0.25) is 0 Å². The Kier molecular flexibility index (Phi) is 4.76. The monoisotopic (exact) mass is 445 g/mol. The zero-order valence-electron chi connectivity index (χ0n) is 17.4. The summed E-state index contributed by atoms with van der Waals surface area (Å²) in [6.07, 6.45) is 3.40. The number of benzene rings is 1. The van der Waals surface area contributed by atoms with Gasteiger partial charge in [0.1, 0.15) is 11.2 Å². The molecule has 0 spiro atoms. The number of hydrogen-bond donors (Lipinski definition) is 2. The Balaban J connectivity index is 1.61. The zero-order valence-corrected chi connectivity index (χ0v) is 18.2. The molecule has 1 aromatic carbocycles. The van der Waals surface area contributed by atoms with Gasteiger partial charge in [0.05, 0.1) is 23.3 Å². The molecule has 164 valence electrons. The van der Waals surface area contributed by atoms with Crippen LogP contribution in [-0.4, -0.2) is 34.7 Å². The molecule has 1 aliphatic carbocycles. The number of hydrogen-bond acceptors (Lipinski definition) is 7. The number of aryl methyl sites for hydroxylation is 1. The Morgan fingerprint density at radius 3 is 2.77 bits per heavy atom. The number of halogens is 1. The van der Waals surface area contributed by atoms with E-state index in [4.69, 9.17) is 10.5 Å². The van der Waals surface area contributed by atoms with Crippen LogP contribution in [0.2, 0.25) is 0 Å². The number of nitrogen functional groups attached to an aromatic ring is 1. The van der Waals surface area contributed by atoms with Crippen LogP contribution in [0.5, 0.6) is 5.75 Å². The Hall–Kier alpha value is -2.88. The second-order valence-electron chi connectivity index (χ2n) is 8.38. The topological polar surface area (TPSA) is 106 Å². The van der Waals surface area contributed by atoms with Crippen molar-refractivity contribution in [2.24, 2.45) is 5.92 Å². The van der Waals surface area contributed by atoms with Crippen molar-refractivity contribution < 1.29 is 9.13 Å². The lowest BCUT2D eigenvalue weighted by molar-refractivity contribution is 0.391. The molecule has 3 N–H and O–H groups in total. The van der Waals surface area contributed by atoms with E-state index in [1.54, 1.807) is 11.5 Å².